The van der Waals surface area contributed by atoms with E-state index in [2.05, 4.69) is 50.4 Å². The average molecular weight is 379 g/mol. The highest BCUT2D eigenvalue weighted by molar-refractivity contribution is 6.30. The van der Waals surface area contributed by atoms with Crippen molar-refractivity contribution in [2.75, 3.05) is 0 Å². The van der Waals surface area contributed by atoms with Gasteiger partial charge in [0.25, 0.3) is 0 Å². The van der Waals surface area contributed by atoms with Crippen LogP contribution < -0.4 is 5.32 Å². The summed E-state index contributed by atoms with van der Waals surface area (Å²) >= 11 is 12.1. The Morgan fingerprint density at radius 1 is 0.840 bits per heavy atom. The number of halogens is 2. The van der Waals surface area contributed by atoms with Crippen molar-refractivity contribution in [1.29, 1.82) is 0 Å². The lowest BCUT2D eigenvalue weighted by atomic mass is 9.65. The van der Waals surface area contributed by atoms with Gasteiger partial charge in [0, 0.05) is 33.0 Å². The van der Waals surface area contributed by atoms with Crippen molar-refractivity contribution in [3.8, 4) is 0 Å². The molecule has 1 saturated heterocycles. The van der Waals surface area contributed by atoms with E-state index in [-0.39, 0.29) is 23.9 Å². The molecule has 0 unspecified atom stereocenters. The Labute approximate surface area is 160 Å². The van der Waals surface area contributed by atoms with Crippen LogP contribution in [-0.2, 0) is 0 Å². The molecule has 1 aliphatic heterocycles. The third-order valence-electron chi connectivity index (χ3n) is 6.15. The molecule has 0 radical (unpaired) electrons. The van der Waals surface area contributed by atoms with Crippen LogP contribution >= 0.6 is 23.2 Å². The average Bonchev–Trinajstić information content (AvgIpc) is 2.62. The first-order chi connectivity index (χ1) is 11.9. The SMILES string of the molecule is CCC1(O)[C@@H](C)[C@@H](c2ccc(Cl)cc2)[NH2+][C@H](c2ccc(Cl)cc2)[C@@H]1C. The molecule has 0 bridgehead atoms. The molecule has 1 fully saturated rings. The lowest BCUT2D eigenvalue weighted by Gasteiger charge is -2.49. The van der Waals surface area contributed by atoms with Crippen molar-refractivity contribution < 1.29 is 10.4 Å². The molecule has 134 valence electrons. The summed E-state index contributed by atoms with van der Waals surface area (Å²) in [5, 5.41) is 15.4. The predicted molar refractivity (Wildman–Crippen MR) is 104 cm³/mol. The van der Waals surface area contributed by atoms with E-state index in [1.165, 1.54) is 11.1 Å². The summed E-state index contributed by atoms with van der Waals surface area (Å²) in [4.78, 5) is 0. The maximum Gasteiger partial charge on any atom is 0.117 e. The summed E-state index contributed by atoms with van der Waals surface area (Å²) in [6.45, 7) is 6.40. The highest BCUT2D eigenvalue weighted by Gasteiger charge is 2.53. The Hall–Kier alpha value is -1.06. The molecule has 2 aromatic rings. The second-order valence-electron chi connectivity index (χ2n) is 7.27. The molecule has 2 nitrogen and oxygen atoms in total. The predicted octanol–water partition coefficient (Wildman–Crippen LogP) is 4.77. The van der Waals surface area contributed by atoms with Crippen molar-refractivity contribution in [2.24, 2.45) is 11.8 Å². The Kier molecular flexibility index (Phi) is 5.45. The van der Waals surface area contributed by atoms with Crippen LogP contribution in [0.25, 0.3) is 0 Å². The number of rotatable bonds is 3. The van der Waals surface area contributed by atoms with Gasteiger partial charge in [-0.2, -0.15) is 0 Å². The molecule has 0 saturated carbocycles. The number of piperidine rings is 1. The highest BCUT2D eigenvalue weighted by Crippen LogP contribution is 2.44. The fraction of sp³-hybridized carbons (Fsp3) is 0.429. The Balaban J connectivity index is 2.01. The zero-order valence-electron chi connectivity index (χ0n) is 14.9. The van der Waals surface area contributed by atoms with Crippen molar-refractivity contribution in [1.82, 2.24) is 0 Å². The van der Waals surface area contributed by atoms with Crippen LogP contribution in [0, 0.1) is 11.8 Å². The third kappa shape index (κ3) is 3.46. The second kappa shape index (κ2) is 7.28. The molecular weight excluding hydrogens is 353 g/mol. The molecule has 0 aromatic heterocycles. The van der Waals surface area contributed by atoms with Crippen LogP contribution in [0.2, 0.25) is 10.0 Å². The summed E-state index contributed by atoms with van der Waals surface area (Å²) in [7, 11) is 0. The fourth-order valence-corrected chi connectivity index (χ4v) is 4.66. The zero-order valence-corrected chi connectivity index (χ0v) is 16.4. The molecule has 2 aromatic carbocycles. The van der Waals surface area contributed by atoms with Gasteiger partial charge in [-0.1, -0.05) is 68.2 Å². The Morgan fingerprint density at radius 2 is 1.20 bits per heavy atom. The van der Waals surface area contributed by atoms with Crippen LogP contribution in [0.15, 0.2) is 48.5 Å². The smallest absolute Gasteiger partial charge is 0.117 e. The number of benzene rings is 2. The first-order valence-electron chi connectivity index (χ1n) is 8.95. The van der Waals surface area contributed by atoms with E-state index in [1.807, 2.05) is 24.3 Å². The van der Waals surface area contributed by atoms with Crippen LogP contribution in [0.4, 0.5) is 0 Å². The van der Waals surface area contributed by atoms with Crippen LogP contribution in [-0.4, -0.2) is 10.7 Å². The molecule has 4 heteroatoms. The van der Waals surface area contributed by atoms with Gasteiger partial charge in [-0.15, -0.1) is 0 Å². The minimum atomic E-state index is -0.719. The van der Waals surface area contributed by atoms with Crippen LogP contribution in [0.3, 0.4) is 0 Å². The molecule has 25 heavy (non-hydrogen) atoms. The van der Waals surface area contributed by atoms with E-state index >= 15 is 0 Å². The highest BCUT2D eigenvalue weighted by atomic mass is 35.5. The summed E-state index contributed by atoms with van der Waals surface area (Å²) in [6, 6.07) is 16.4. The fourth-order valence-electron chi connectivity index (χ4n) is 4.41. The van der Waals surface area contributed by atoms with Crippen molar-refractivity contribution >= 4 is 23.2 Å². The van der Waals surface area contributed by atoms with Crippen LogP contribution in [0.5, 0.6) is 0 Å². The van der Waals surface area contributed by atoms with E-state index in [4.69, 9.17) is 23.2 Å². The van der Waals surface area contributed by atoms with Gasteiger partial charge < -0.3 is 10.4 Å². The van der Waals surface area contributed by atoms with Gasteiger partial charge in [0.1, 0.15) is 12.1 Å². The molecule has 0 aliphatic carbocycles. The molecular formula is C21H26Cl2NO+. The van der Waals surface area contributed by atoms with Gasteiger partial charge in [-0.25, -0.2) is 0 Å². The van der Waals surface area contributed by atoms with E-state index in [1.54, 1.807) is 0 Å². The summed E-state index contributed by atoms with van der Waals surface area (Å²) in [5.74, 6) is 0.273. The molecule has 1 aliphatic rings. The van der Waals surface area contributed by atoms with Crippen LogP contribution in [0.1, 0.15) is 50.4 Å². The standard InChI is InChI=1S/C21H25Cl2NO/c1-4-21(25)13(2)19(15-5-9-17(22)10-6-15)24-20(14(21)3)16-7-11-18(23)12-8-16/h5-14,19-20,24-25H,4H2,1-3H3/p+1/t13-,14-,19-,20-/m0/s1. The second-order valence-corrected chi connectivity index (χ2v) is 8.14. The van der Waals surface area contributed by atoms with E-state index in [0.29, 0.717) is 0 Å². The zero-order chi connectivity index (χ0) is 18.2. The maximum atomic E-state index is 11.5. The van der Waals surface area contributed by atoms with Gasteiger partial charge in [0.15, 0.2) is 0 Å². The van der Waals surface area contributed by atoms with Crippen molar-refractivity contribution in [3.63, 3.8) is 0 Å². The molecule has 3 rings (SSSR count). The largest absolute Gasteiger partial charge is 0.389 e. The monoisotopic (exact) mass is 378 g/mol. The molecule has 3 N–H and O–H groups in total. The van der Waals surface area contributed by atoms with E-state index < -0.39 is 5.60 Å². The van der Waals surface area contributed by atoms with Gasteiger partial charge in [-0.3, -0.25) is 0 Å². The molecule has 0 amide bonds. The molecule has 1 heterocycles. The van der Waals surface area contributed by atoms with Gasteiger partial charge in [0.2, 0.25) is 0 Å². The Morgan fingerprint density at radius 3 is 1.52 bits per heavy atom. The Bertz CT molecular complexity index is 656. The minimum absolute atomic E-state index is 0.136. The maximum absolute atomic E-state index is 11.5. The number of nitrogens with two attached hydrogens (primary N) is 1. The number of hydrogen-bond donors (Lipinski definition) is 2. The summed E-state index contributed by atoms with van der Waals surface area (Å²) in [6.07, 6.45) is 0.733. The number of aliphatic hydroxyl groups is 1. The summed E-state index contributed by atoms with van der Waals surface area (Å²) < 4.78 is 0. The van der Waals surface area contributed by atoms with E-state index in [9.17, 15) is 5.11 Å². The lowest BCUT2D eigenvalue weighted by molar-refractivity contribution is -0.764. The van der Waals surface area contributed by atoms with E-state index in [0.717, 1.165) is 16.5 Å². The first kappa shape index (κ1) is 18.7. The number of hydrogen-bond acceptors (Lipinski definition) is 1. The molecule has 4 atom stereocenters. The van der Waals surface area contributed by atoms with Crippen molar-refractivity contribution in [2.45, 2.75) is 44.9 Å². The first-order valence-corrected chi connectivity index (χ1v) is 9.70. The normalized spacial score (nSPS) is 32.6. The number of quaternary nitrogens is 1. The summed E-state index contributed by atoms with van der Waals surface area (Å²) in [5.41, 5.74) is 1.69. The quantitative estimate of drug-likeness (QED) is 0.792. The van der Waals surface area contributed by atoms with Crippen molar-refractivity contribution in [3.05, 3.63) is 69.7 Å². The lowest BCUT2D eigenvalue weighted by Crippen LogP contribution is -2.93. The van der Waals surface area contributed by atoms with Gasteiger partial charge >= 0.3 is 0 Å². The minimum Gasteiger partial charge on any atom is -0.389 e. The topological polar surface area (TPSA) is 36.8 Å². The van der Waals surface area contributed by atoms with Gasteiger partial charge in [-0.05, 0) is 30.7 Å². The van der Waals surface area contributed by atoms with Gasteiger partial charge in [0.05, 0.1) is 5.60 Å². The molecule has 0 spiro atoms. The third-order valence-corrected chi connectivity index (χ3v) is 6.65.